The zero-order valence-corrected chi connectivity index (χ0v) is 23.1. The predicted molar refractivity (Wildman–Crippen MR) is 154 cm³/mol. The van der Waals surface area contributed by atoms with E-state index >= 15 is 0 Å². The maximum Gasteiger partial charge on any atom is 0.295 e. The highest BCUT2D eigenvalue weighted by molar-refractivity contribution is 6.46. The number of aliphatic hydroxyl groups is 1. The molecule has 1 atom stereocenters. The second-order valence-electron chi connectivity index (χ2n) is 10.3. The third-order valence-electron chi connectivity index (χ3n) is 7.71. The van der Waals surface area contributed by atoms with E-state index in [-0.39, 0.29) is 11.3 Å². The summed E-state index contributed by atoms with van der Waals surface area (Å²) in [6.45, 7) is 8.28. The van der Waals surface area contributed by atoms with Crippen LogP contribution < -0.4 is 4.74 Å². The first kappa shape index (κ1) is 27.6. The summed E-state index contributed by atoms with van der Waals surface area (Å²) < 4.78 is 11.4. The molecule has 40 heavy (non-hydrogen) atoms. The second kappa shape index (κ2) is 12.5. The summed E-state index contributed by atoms with van der Waals surface area (Å²) in [5.41, 5.74) is 4.41. The smallest absolute Gasteiger partial charge is 0.295 e. The lowest BCUT2D eigenvalue weighted by molar-refractivity contribution is -0.140. The Hall–Kier alpha value is -3.94. The Morgan fingerprint density at radius 3 is 2.35 bits per heavy atom. The van der Waals surface area contributed by atoms with Gasteiger partial charge in [-0.15, -0.1) is 0 Å². The fourth-order valence-electron chi connectivity index (χ4n) is 5.34. The first-order chi connectivity index (χ1) is 19.5. The summed E-state index contributed by atoms with van der Waals surface area (Å²) >= 11 is 0. The van der Waals surface area contributed by atoms with Crippen molar-refractivity contribution in [3.63, 3.8) is 0 Å². The topological polar surface area (TPSA) is 79.3 Å². The number of aliphatic hydroxyl groups excluding tert-OH is 1. The lowest BCUT2D eigenvalue weighted by Gasteiger charge is -2.31. The molecule has 3 aromatic rings. The van der Waals surface area contributed by atoms with Crippen molar-refractivity contribution in [3.05, 3.63) is 106 Å². The van der Waals surface area contributed by atoms with Crippen molar-refractivity contribution < 1.29 is 24.2 Å². The highest BCUT2D eigenvalue weighted by Crippen LogP contribution is 2.40. The maximum atomic E-state index is 13.5. The van der Waals surface area contributed by atoms with E-state index in [1.165, 1.54) is 0 Å². The fraction of sp³-hybridized carbons (Fsp3) is 0.333. The number of ketones is 1. The summed E-state index contributed by atoms with van der Waals surface area (Å²) in [7, 11) is 0. The number of amides is 1. The first-order valence-corrected chi connectivity index (χ1v) is 13.9. The summed E-state index contributed by atoms with van der Waals surface area (Å²) in [6, 6.07) is 22.5. The second-order valence-corrected chi connectivity index (χ2v) is 10.3. The number of ether oxygens (including phenoxy) is 2. The average molecular weight is 541 g/mol. The minimum absolute atomic E-state index is 0.122. The van der Waals surface area contributed by atoms with Crippen molar-refractivity contribution in [1.82, 2.24) is 9.80 Å². The molecule has 1 amide bonds. The van der Waals surface area contributed by atoms with Crippen molar-refractivity contribution in [2.24, 2.45) is 0 Å². The van der Waals surface area contributed by atoms with Gasteiger partial charge >= 0.3 is 0 Å². The van der Waals surface area contributed by atoms with Crippen LogP contribution in [0.15, 0.2) is 78.4 Å². The van der Waals surface area contributed by atoms with Crippen molar-refractivity contribution in [3.8, 4) is 5.75 Å². The van der Waals surface area contributed by atoms with Crippen LogP contribution >= 0.6 is 0 Å². The molecule has 0 unspecified atom stereocenters. The van der Waals surface area contributed by atoms with E-state index in [2.05, 4.69) is 11.8 Å². The highest BCUT2D eigenvalue weighted by Gasteiger charge is 2.46. The van der Waals surface area contributed by atoms with E-state index in [1.807, 2.05) is 67.6 Å². The molecule has 7 nitrogen and oxygen atoms in total. The molecule has 2 aliphatic rings. The Morgan fingerprint density at radius 2 is 1.68 bits per heavy atom. The number of hydrogen-bond acceptors (Lipinski definition) is 6. The largest absolute Gasteiger partial charge is 0.507 e. The predicted octanol–water partition coefficient (Wildman–Crippen LogP) is 4.89. The Balaban J connectivity index is 1.46. The minimum atomic E-state index is -0.666. The molecule has 0 spiro atoms. The number of carbonyl (C=O) groups is 2. The van der Waals surface area contributed by atoms with Gasteiger partial charge in [-0.3, -0.25) is 14.5 Å². The molecule has 3 aromatic carbocycles. The van der Waals surface area contributed by atoms with Gasteiger partial charge in [0.1, 0.15) is 18.1 Å². The van der Waals surface area contributed by atoms with E-state index in [4.69, 9.17) is 9.47 Å². The minimum Gasteiger partial charge on any atom is -0.507 e. The lowest BCUT2D eigenvalue weighted by Crippen LogP contribution is -2.42. The Kier molecular flexibility index (Phi) is 8.63. The molecular weight excluding hydrogens is 504 g/mol. The van der Waals surface area contributed by atoms with Crippen molar-refractivity contribution in [2.75, 3.05) is 39.4 Å². The van der Waals surface area contributed by atoms with Crippen LogP contribution in [0.1, 0.15) is 40.8 Å². The lowest BCUT2D eigenvalue weighted by atomic mass is 9.93. The molecule has 7 heteroatoms. The zero-order valence-electron chi connectivity index (χ0n) is 23.1. The van der Waals surface area contributed by atoms with Gasteiger partial charge in [0.2, 0.25) is 0 Å². The van der Waals surface area contributed by atoms with Crippen LogP contribution in [0.3, 0.4) is 0 Å². The number of nitrogens with zero attached hydrogens (tertiary/aromatic N) is 2. The third-order valence-corrected chi connectivity index (χ3v) is 7.71. The number of aryl methyl sites for hydroxylation is 2. The molecule has 0 radical (unpaired) electrons. The van der Waals surface area contributed by atoms with Crippen LogP contribution in [0.5, 0.6) is 5.75 Å². The normalized spacial score (nSPS) is 19.2. The summed E-state index contributed by atoms with van der Waals surface area (Å²) in [5.74, 6) is -0.743. The molecule has 0 saturated carbocycles. The van der Waals surface area contributed by atoms with Gasteiger partial charge in [-0.1, -0.05) is 61.5 Å². The zero-order chi connectivity index (χ0) is 28.1. The molecule has 2 saturated heterocycles. The van der Waals surface area contributed by atoms with Gasteiger partial charge in [0.15, 0.2) is 0 Å². The number of likely N-dealkylation sites (tertiary alicyclic amines) is 1. The Labute approximate surface area is 235 Å². The molecule has 0 bridgehead atoms. The van der Waals surface area contributed by atoms with Crippen LogP contribution in [-0.4, -0.2) is 66.0 Å². The van der Waals surface area contributed by atoms with Gasteiger partial charge in [-0.25, -0.2) is 0 Å². The van der Waals surface area contributed by atoms with Gasteiger partial charge in [-0.05, 0) is 53.8 Å². The Morgan fingerprint density at radius 1 is 0.950 bits per heavy atom. The van der Waals surface area contributed by atoms with Crippen LogP contribution in [-0.2, 0) is 27.4 Å². The molecule has 2 aliphatic heterocycles. The number of hydrogen-bond donors (Lipinski definition) is 1. The highest BCUT2D eigenvalue weighted by atomic mass is 16.5. The SMILES string of the molecule is CCc1ccc([C@@H]2/C(=C(\O)c3ccc(OCc4ccccc4)cc3C)C(=O)C(=O)N2CCN2CCOCC2)cc1. The van der Waals surface area contributed by atoms with E-state index in [0.717, 1.165) is 41.8 Å². The molecule has 2 heterocycles. The van der Waals surface area contributed by atoms with Gasteiger partial charge in [0.05, 0.1) is 24.8 Å². The van der Waals surface area contributed by atoms with E-state index < -0.39 is 17.7 Å². The molecule has 2 fully saturated rings. The van der Waals surface area contributed by atoms with Gasteiger partial charge in [0, 0.05) is 31.7 Å². The summed E-state index contributed by atoms with van der Waals surface area (Å²) in [4.78, 5) is 30.7. The monoisotopic (exact) mass is 540 g/mol. The van der Waals surface area contributed by atoms with Crippen LogP contribution in [0, 0.1) is 6.92 Å². The molecule has 0 aromatic heterocycles. The number of morpholine rings is 1. The van der Waals surface area contributed by atoms with Crippen molar-refractivity contribution in [1.29, 1.82) is 0 Å². The number of rotatable bonds is 9. The van der Waals surface area contributed by atoms with Gasteiger partial charge in [0.25, 0.3) is 11.7 Å². The number of carbonyl (C=O) groups excluding carboxylic acids is 2. The van der Waals surface area contributed by atoms with Gasteiger partial charge in [-0.2, -0.15) is 0 Å². The van der Waals surface area contributed by atoms with E-state index in [9.17, 15) is 14.7 Å². The molecule has 0 aliphatic carbocycles. The molecule has 5 rings (SSSR count). The summed E-state index contributed by atoms with van der Waals surface area (Å²) in [5, 5.41) is 11.6. The quantitative estimate of drug-likeness (QED) is 0.237. The Bertz CT molecular complexity index is 1380. The molecule has 1 N–H and O–H groups in total. The number of benzene rings is 3. The third kappa shape index (κ3) is 5.96. The summed E-state index contributed by atoms with van der Waals surface area (Å²) in [6.07, 6.45) is 0.884. The maximum absolute atomic E-state index is 13.5. The fourth-order valence-corrected chi connectivity index (χ4v) is 5.34. The van der Waals surface area contributed by atoms with Crippen LogP contribution in [0.4, 0.5) is 0 Å². The van der Waals surface area contributed by atoms with Crippen molar-refractivity contribution in [2.45, 2.75) is 32.9 Å². The van der Waals surface area contributed by atoms with Crippen LogP contribution in [0.2, 0.25) is 0 Å². The van der Waals surface area contributed by atoms with Crippen LogP contribution in [0.25, 0.3) is 5.76 Å². The first-order valence-electron chi connectivity index (χ1n) is 13.9. The van der Waals surface area contributed by atoms with Gasteiger partial charge < -0.3 is 19.5 Å². The molecule has 208 valence electrons. The van der Waals surface area contributed by atoms with E-state index in [0.29, 0.717) is 44.2 Å². The standard InChI is InChI=1S/C33H36N2O5/c1-3-24-9-11-26(12-10-24)30-29(32(37)33(38)35(30)16-15-34-17-19-39-20-18-34)31(36)28-14-13-27(21-23(28)2)40-22-25-7-5-4-6-8-25/h4-14,21,30,36H,3,15-20,22H2,1-2H3/b31-29+/t30-/m1/s1. The molecular formula is C33H36N2O5. The average Bonchev–Trinajstić information content (AvgIpc) is 3.25. The van der Waals surface area contributed by atoms with E-state index in [1.54, 1.807) is 17.0 Å². The number of Topliss-reactive ketones (excluding diaryl/α,β-unsaturated/α-hetero) is 1. The van der Waals surface area contributed by atoms with Crippen molar-refractivity contribution >= 4 is 17.4 Å².